The van der Waals surface area contributed by atoms with E-state index in [1.807, 2.05) is 30.6 Å². The lowest BCUT2D eigenvalue weighted by Crippen LogP contribution is -2.46. The van der Waals surface area contributed by atoms with Gasteiger partial charge in [0, 0.05) is 55.8 Å². The quantitative estimate of drug-likeness (QED) is 0.693. The molecule has 26 heavy (non-hydrogen) atoms. The smallest absolute Gasteiger partial charge is 0.210 e. The van der Waals surface area contributed by atoms with Crippen LogP contribution in [0.1, 0.15) is 11.1 Å². The molecule has 134 valence electrons. The van der Waals surface area contributed by atoms with Crippen molar-refractivity contribution >= 4 is 17.5 Å². The maximum Gasteiger partial charge on any atom is 0.210 e. The van der Waals surface area contributed by atoms with E-state index in [-0.39, 0.29) is 0 Å². The van der Waals surface area contributed by atoms with Crippen LogP contribution in [0.5, 0.6) is 0 Å². The summed E-state index contributed by atoms with van der Waals surface area (Å²) in [6.45, 7) is 7.23. The molecule has 0 N–H and O–H groups in total. The number of halogens is 1. The SMILES string of the molecule is Cc1ccccc1CN1CCN(c2nccn2-c2cccc(Cl)c2)CC1. The van der Waals surface area contributed by atoms with Gasteiger partial charge in [0.05, 0.1) is 0 Å². The van der Waals surface area contributed by atoms with Crippen LogP contribution in [0.15, 0.2) is 60.9 Å². The minimum Gasteiger partial charge on any atom is -0.339 e. The number of rotatable bonds is 4. The summed E-state index contributed by atoms with van der Waals surface area (Å²) in [5.41, 5.74) is 3.83. The molecule has 0 saturated carbocycles. The molecule has 1 aliphatic rings. The van der Waals surface area contributed by atoms with E-state index in [0.717, 1.165) is 49.4 Å². The highest BCUT2D eigenvalue weighted by Crippen LogP contribution is 2.22. The molecule has 1 fully saturated rings. The Bertz CT molecular complexity index is 881. The molecule has 2 heterocycles. The molecule has 0 aliphatic carbocycles. The van der Waals surface area contributed by atoms with Crippen LogP contribution >= 0.6 is 11.6 Å². The summed E-state index contributed by atoms with van der Waals surface area (Å²) in [6, 6.07) is 16.5. The molecule has 4 rings (SSSR count). The van der Waals surface area contributed by atoms with Gasteiger partial charge >= 0.3 is 0 Å². The molecule has 5 heteroatoms. The Morgan fingerprint density at radius 1 is 1.00 bits per heavy atom. The van der Waals surface area contributed by atoms with Crippen molar-refractivity contribution in [1.29, 1.82) is 0 Å². The van der Waals surface area contributed by atoms with Crippen molar-refractivity contribution < 1.29 is 0 Å². The predicted molar refractivity (Wildman–Crippen MR) is 107 cm³/mol. The van der Waals surface area contributed by atoms with Crippen molar-refractivity contribution in [2.75, 3.05) is 31.1 Å². The molecular weight excluding hydrogens is 344 g/mol. The van der Waals surface area contributed by atoms with Gasteiger partial charge in [0.1, 0.15) is 0 Å². The van der Waals surface area contributed by atoms with Crippen molar-refractivity contribution in [2.24, 2.45) is 0 Å². The number of benzene rings is 2. The average molecular weight is 367 g/mol. The van der Waals surface area contributed by atoms with E-state index in [1.165, 1.54) is 11.1 Å². The second-order valence-corrected chi connectivity index (χ2v) is 7.20. The lowest BCUT2D eigenvalue weighted by atomic mass is 10.1. The fourth-order valence-corrected chi connectivity index (χ4v) is 3.68. The Morgan fingerprint density at radius 2 is 1.81 bits per heavy atom. The average Bonchev–Trinajstić information content (AvgIpc) is 3.14. The van der Waals surface area contributed by atoms with Crippen LogP contribution in [0.3, 0.4) is 0 Å². The van der Waals surface area contributed by atoms with Gasteiger partial charge in [0.25, 0.3) is 0 Å². The fourth-order valence-electron chi connectivity index (χ4n) is 3.49. The molecule has 3 aromatic rings. The van der Waals surface area contributed by atoms with Gasteiger partial charge in [-0.3, -0.25) is 9.47 Å². The van der Waals surface area contributed by atoms with Gasteiger partial charge in [-0.05, 0) is 36.2 Å². The van der Waals surface area contributed by atoms with Crippen molar-refractivity contribution in [3.63, 3.8) is 0 Å². The summed E-state index contributed by atoms with van der Waals surface area (Å²) in [6.07, 6.45) is 3.86. The van der Waals surface area contributed by atoms with Crippen molar-refractivity contribution in [3.8, 4) is 5.69 Å². The maximum absolute atomic E-state index is 6.15. The third kappa shape index (κ3) is 3.62. The van der Waals surface area contributed by atoms with Crippen LogP contribution in [0.4, 0.5) is 5.95 Å². The summed E-state index contributed by atoms with van der Waals surface area (Å²) in [5, 5.41) is 0.741. The van der Waals surface area contributed by atoms with Gasteiger partial charge in [0.2, 0.25) is 5.95 Å². The molecule has 1 saturated heterocycles. The summed E-state index contributed by atoms with van der Waals surface area (Å²) in [4.78, 5) is 9.47. The summed E-state index contributed by atoms with van der Waals surface area (Å²) in [7, 11) is 0. The van der Waals surface area contributed by atoms with Gasteiger partial charge < -0.3 is 4.90 Å². The highest BCUT2D eigenvalue weighted by atomic mass is 35.5. The molecule has 2 aromatic carbocycles. The molecule has 4 nitrogen and oxygen atoms in total. The van der Waals surface area contributed by atoms with Crippen LogP contribution in [-0.2, 0) is 6.54 Å². The summed E-state index contributed by atoms with van der Waals surface area (Å²) < 4.78 is 2.11. The first-order valence-corrected chi connectivity index (χ1v) is 9.39. The fraction of sp³-hybridized carbons (Fsp3) is 0.286. The Hall–Kier alpha value is -2.30. The molecule has 0 unspecified atom stereocenters. The molecule has 1 aliphatic heterocycles. The van der Waals surface area contributed by atoms with E-state index in [4.69, 9.17) is 11.6 Å². The minimum atomic E-state index is 0.741. The van der Waals surface area contributed by atoms with Gasteiger partial charge in [-0.15, -0.1) is 0 Å². The van der Waals surface area contributed by atoms with E-state index in [2.05, 4.69) is 56.6 Å². The van der Waals surface area contributed by atoms with E-state index in [0.29, 0.717) is 0 Å². The zero-order valence-electron chi connectivity index (χ0n) is 15.0. The lowest BCUT2D eigenvalue weighted by molar-refractivity contribution is 0.248. The monoisotopic (exact) mass is 366 g/mol. The number of hydrogen-bond acceptors (Lipinski definition) is 3. The predicted octanol–water partition coefficient (Wildman–Crippen LogP) is 4.16. The number of aromatic nitrogens is 2. The molecule has 0 atom stereocenters. The number of piperazine rings is 1. The third-order valence-electron chi connectivity index (χ3n) is 5.02. The Morgan fingerprint density at radius 3 is 2.58 bits per heavy atom. The van der Waals surface area contributed by atoms with Crippen molar-refractivity contribution in [1.82, 2.24) is 14.5 Å². The zero-order chi connectivity index (χ0) is 17.9. The molecular formula is C21H23ClN4. The Balaban J connectivity index is 1.44. The topological polar surface area (TPSA) is 24.3 Å². The van der Waals surface area contributed by atoms with Crippen molar-refractivity contribution in [2.45, 2.75) is 13.5 Å². The van der Waals surface area contributed by atoms with Gasteiger partial charge in [0.15, 0.2) is 0 Å². The van der Waals surface area contributed by atoms with Crippen LogP contribution in [-0.4, -0.2) is 40.6 Å². The van der Waals surface area contributed by atoms with Crippen LogP contribution in [0, 0.1) is 6.92 Å². The standard InChI is InChI=1S/C21H23ClN4/c1-17-5-2-3-6-18(17)16-24-11-13-25(14-12-24)21-23-9-10-26(21)20-8-4-7-19(22)15-20/h2-10,15H,11-14,16H2,1H3. The lowest BCUT2D eigenvalue weighted by Gasteiger charge is -2.35. The summed E-state index contributed by atoms with van der Waals surface area (Å²) >= 11 is 6.15. The number of imidazole rings is 1. The zero-order valence-corrected chi connectivity index (χ0v) is 15.7. The first-order chi connectivity index (χ1) is 12.7. The largest absolute Gasteiger partial charge is 0.339 e. The normalized spacial score (nSPS) is 15.4. The van der Waals surface area contributed by atoms with Gasteiger partial charge in [-0.25, -0.2) is 4.98 Å². The van der Waals surface area contributed by atoms with E-state index in [9.17, 15) is 0 Å². The minimum absolute atomic E-state index is 0.741. The van der Waals surface area contributed by atoms with E-state index < -0.39 is 0 Å². The second kappa shape index (κ2) is 7.52. The first-order valence-electron chi connectivity index (χ1n) is 9.02. The number of aryl methyl sites for hydroxylation is 1. The van der Waals surface area contributed by atoms with Gasteiger partial charge in [-0.2, -0.15) is 0 Å². The summed E-state index contributed by atoms with van der Waals surface area (Å²) in [5.74, 6) is 0.989. The van der Waals surface area contributed by atoms with E-state index in [1.54, 1.807) is 0 Å². The Kier molecular flexibility index (Phi) is 4.96. The highest BCUT2D eigenvalue weighted by Gasteiger charge is 2.21. The van der Waals surface area contributed by atoms with Crippen LogP contribution < -0.4 is 4.90 Å². The van der Waals surface area contributed by atoms with Gasteiger partial charge in [-0.1, -0.05) is 41.9 Å². The number of hydrogen-bond donors (Lipinski definition) is 0. The molecule has 0 radical (unpaired) electrons. The second-order valence-electron chi connectivity index (χ2n) is 6.77. The van der Waals surface area contributed by atoms with Crippen molar-refractivity contribution in [3.05, 3.63) is 77.1 Å². The maximum atomic E-state index is 6.15. The van der Waals surface area contributed by atoms with E-state index >= 15 is 0 Å². The molecule has 1 aromatic heterocycles. The highest BCUT2D eigenvalue weighted by molar-refractivity contribution is 6.30. The third-order valence-corrected chi connectivity index (χ3v) is 5.25. The number of nitrogens with zero attached hydrogens (tertiary/aromatic N) is 4. The van der Waals surface area contributed by atoms with Crippen LogP contribution in [0.2, 0.25) is 5.02 Å². The molecule has 0 amide bonds. The number of anilines is 1. The first kappa shape index (κ1) is 17.1. The molecule has 0 bridgehead atoms. The van der Waals surface area contributed by atoms with Crippen LogP contribution in [0.25, 0.3) is 5.69 Å². The Labute approximate surface area is 159 Å². The molecule has 0 spiro atoms.